The first-order valence-corrected chi connectivity index (χ1v) is 30.7. The topological polar surface area (TPSA) is 81.7 Å². The maximum absolute atomic E-state index is 11.3. The van der Waals surface area contributed by atoms with Crippen LogP contribution >= 0.6 is 16.6 Å². The highest BCUT2D eigenvalue weighted by Crippen LogP contribution is 2.31. The van der Waals surface area contributed by atoms with Crippen LogP contribution in [0.25, 0.3) is 0 Å². The summed E-state index contributed by atoms with van der Waals surface area (Å²) >= 11 is 0. The fourth-order valence-corrected chi connectivity index (χ4v) is 28.5. The van der Waals surface area contributed by atoms with Gasteiger partial charge in [0.1, 0.15) is 6.66 Å². The first-order chi connectivity index (χ1) is 16.3. The van der Waals surface area contributed by atoms with Crippen LogP contribution in [-0.2, 0) is 35.0 Å². The molecule has 0 aliphatic heterocycles. The molecule has 0 saturated carbocycles. The van der Waals surface area contributed by atoms with E-state index in [2.05, 4.69) is 65.5 Å². The summed E-state index contributed by atoms with van der Waals surface area (Å²) in [5.41, 5.74) is 0. The normalized spacial score (nSPS) is 17.4. The molecule has 0 radical (unpaired) electrons. The summed E-state index contributed by atoms with van der Waals surface area (Å²) < 4.78 is 55.2. The maximum Gasteiger partial charge on any atom is 0.363 e. The van der Waals surface area contributed by atoms with E-state index in [0.717, 1.165) is 31.5 Å². The second kappa shape index (κ2) is 17.2. The Hall–Kier alpha value is 1.33. The molecule has 0 aromatic rings. The molecule has 0 bridgehead atoms. The van der Waals surface area contributed by atoms with Gasteiger partial charge in [0.25, 0.3) is 0 Å². The number of hydrogen-bond acceptors (Lipinski definition) is 8. The van der Waals surface area contributed by atoms with Gasteiger partial charge in [-0.3, -0.25) is 0 Å². The van der Waals surface area contributed by atoms with Gasteiger partial charge < -0.3 is 30.5 Å². The van der Waals surface area contributed by atoms with Gasteiger partial charge in [0.15, 0.2) is 16.6 Å². The van der Waals surface area contributed by atoms with Crippen molar-refractivity contribution < 1.29 is 35.0 Å². The molecule has 4 atom stereocenters. The molecule has 0 aromatic heterocycles. The predicted molar refractivity (Wildman–Crippen MR) is 166 cm³/mol. The lowest BCUT2D eigenvalue weighted by Crippen LogP contribution is -2.59. The average Bonchev–Trinajstić information content (AvgIpc) is 2.62. The lowest BCUT2D eigenvalue weighted by Gasteiger charge is -2.43. The molecule has 0 N–H and O–H groups in total. The molecule has 15 heteroatoms. The third-order valence-corrected chi connectivity index (χ3v) is 24.1. The average molecular weight is 638 g/mol. The van der Waals surface area contributed by atoms with Crippen LogP contribution in [0, 0.1) is 0 Å². The van der Waals surface area contributed by atoms with Crippen LogP contribution in [-0.4, -0.2) is 81.5 Å². The Morgan fingerprint density at radius 2 is 1.14 bits per heavy atom. The molecule has 216 valence electrons. The highest BCUT2D eigenvalue weighted by molar-refractivity contribution is 7.43. The van der Waals surface area contributed by atoms with Crippen molar-refractivity contribution in [1.29, 1.82) is 0 Å². The quantitative estimate of drug-likeness (QED) is 0.0691. The summed E-state index contributed by atoms with van der Waals surface area (Å²) in [5.74, 6) is 0. The van der Waals surface area contributed by atoms with Crippen molar-refractivity contribution >= 4 is 58.9 Å². The van der Waals surface area contributed by atoms with Crippen molar-refractivity contribution in [2.75, 3.05) is 39.2 Å². The Bertz CT molecular complexity index is 636. The zero-order valence-corrected chi connectivity index (χ0v) is 32.0. The second-order valence-corrected chi connectivity index (χ2v) is 34.2. The minimum atomic E-state index is -2.58. The molecule has 36 heavy (non-hydrogen) atoms. The zero-order chi connectivity index (χ0) is 28.1. The molecular weight excluding hydrogens is 583 g/mol. The molecular formula is C21H55O8P2Si5+. The fraction of sp³-hybridized carbons (Fsp3) is 1.00. The van der Waals surface area contributed by atoms with Crippen LogP contribution in [0.2, 0.25) is 77.6 Å². The highest BCUT2D eigenvalue weighted by atomic mass is 31.1. The maximum atomic E-state index is 11.3. The Labute approximate surface area is 229 Å². The molecule has 0 fully saturated rings. The number of ether oxygens (including phenoxy) is 2. The largest absolute Gasteiger partial charge is 0.437 e. The summed E-state index contributed by atoms with van der Waals surface area (Å²) in [6, 6.07) is 1.68. The Morgan fingerprint density at radius 1 is 0.694 bits per heavy atom. The van der Waals surface area contributed by atoms with Crippen molar-refractivity contribution in [1.82, 2.24) is 0 Å². The Balaban J connectivity index is 5.31. The third kappa shape index (κ3) is 21.2. The van der Waals surface area contributed by atoms with Crippen LogP contribution in [0.5, 0.6) is 0 Å². The van der Waals surface area contributed by atoms with Crippen LogP contribution in [0.15, 0.2) is 0 Å². The van der Waals surface area contributed by atoms with Gasteiger partial charge in [0, 0.05) is 22.0 Å². The molecule has 0 saturated heterocycles. The van der Waals surface area contributed by atoms with E-state index in [1.807, 2.05) is 6.92 Å². The van der Waals surface area contributed by atoms with Crippen LogP contribution in [0.3, 0.4) is 0 Å². The third-order valence-electron chi connectivity index (χ3n) is 4.49. The number of hydrogen-bond donors (Lipinski definition) is 0. The molecule has 4 unspecified atom stereocenters. The minimum absolute atomic E-state index is 0.306. The predicted octanol–water partition coefficient (Wildman–Crippen LogP) is 7.38. The smallest absolute Gasteiger partial charge is 0.363 e. The molecule has 0 heterocycles. The van der Waals surface area contributed by atoms with E-state index in [4.69, 9.17) is 30.5 Å². The summed E-state index contributed by atoms with van der Waals surface area (Å²) in [6.45, 7) is 27.5. The lowest BCUT2D eigenvalue weighted by atomic mass is 10.5. The SMILES string of the molecule is CCOPCOCCC[Si](C)(O[Si](C)(C)C)O[Si](C)(C)O[Si](C)(CCCOC[P+](C)=O)O[Si](C)(C)C. The monoisotopic (exact) mass is 637 g/mol. The minimum Gasteiger partial charge on any atom is -0.437 e. The molecule has 0 aliphatic rings. The van der Waals surface area contributed by atoms with Gasteiger partial charge in [-0.15, -0.1) is 0 Å². The van der Waals surface area contributed by atoms with E-state index >= 15 is 0 Å². The number of rotatable bonds is 22. The molecule has 8 nitrogen and oxygen atoms in total. The fourth-order valence-electron chi connectivity index (χ4n) is 4.04. The van der Waals surface area contributed by atoms with Gasteiger partial charge >= 0.3 is 33.5 Å². The van der Waals surface area contributed by atoms with Crippen LogP contribution in [0.1, 0.15) is 19.8 Å². The van der Waals surface area contributed by atoms with Gasteiger partial charge in [-0.05, 0) is 97.3 Å². The second-order valence-electron chi connectivity index (χ2n) is 11.8. The molecule has 0 spiro atoms. The standard InChI is InChI=1S/C21H55O8P2Si5/c1-13-25-30-20-23-16-14-18-35(11,26-32(3,4)5)28-34(9,10)29-36(12,27-33(6,7)8)19-15-17-24-21-31(2)22/h30H,13-21H2,1-12H3/q+1. The van der Waals surface area contributed by atoms with Crippen LogP contribution < -0.4 is 0 Å². The van der Waals surface area contributed by atoms with E-state index in [9.17, 15) is 4.57 Å². The lowest BCUT2D eigenvalue weighted by molar-refractivity contribution is 0.171. The summed E-state index contributed by atoms with van der Waals surface area (Å²) in [4.78, 5) is 0. The van der Waals surface area contributed by atoms with Crippen LogP contribution in [0.4, 0.5) is 0 Å². The van der Waals surface area contributed by atoms with E-state index in [-0.39, 0.29) is 0 Å². The van der Waals surface area contributed by atoms with E-state index in [0.29, 0.717) is 34.7 Å². The summed E-state index contributed by atoms with van der Waals surface area (Å²) in [5, 5.41) is 0. The summed E-state index contributed by atoms with van der Waals surface area (Å²) in [7, 11) is -12.2. The van der Waals surface area contributed by atoms with E-state index in [1.165, 1.54) is 0 Å². The van der Waals surface area contributed by atoms with Gasteiger partial charge in [-0.25, -0.2) is 0 Å². The van der Waals surface area contributed by atoms with E-state index in [1.54, 1.807) is 6.66 Å². The van der Waals surface area contributed by atoms with Crippen molar-refractivity contribution in [2.24, 2.45) is 0 Å². The summed E-state index contributed by atoms with van der Waals surface area (Å²) in [6.07, 6.45) is 2.66. The van der Waals surface area contributed by atoms with Crippen molar-refractivity contribution in [2.45, 2.75) is 97.3 Å². The van der Waals surface area contributed by atoms with Gasteiger partial charge in [-0.2, -0.15) is 0 Å². The zero-order valence-electron chi connectivity index (χ0n) is 25.1. The molecule has 0 amide bonds. The van der Waals surface area contributed by atoms with E-state index < -0.39 is 50.1 Å². The van der Waals surface area contributed by atoms with Gasteiger partial charge in [-0.1, -0.05) is 4.57 Å². The van der Waals surface area contributed by atoms with Gasteiger partial charge in [0.05, 0.1) is 13.0 Å². The molecule has 0 aliphatic carbocycles. The Morgan fingerprint density at radius 3 is 1.53 bits per heavy atom. The molecule has 0 aromatic carbocycles. The Kier molecular flexibility index (Phi) is 17.9. The first kappa shape index (κ1) is 37.3. The first-order valence-electron chi connectivity index (χ1n) is 13.0. The van der Waals surface area contributed by atoms with Crippen molar-refractivity contribution in [3.8, 4) is 0 Å². The molecule has 0 rings (SSSR count). The van der Waals surface area contributed by atoms with Crippen molar-refractivity contribution in [3.05, 3.63) is 0 Å². The highest BCUT2D eigenvalue weighted by Gasteiger charge is 2.47. The van der Waals surface area contributed by atoms with Gasteiger partial charge in [0.2, 0.25) is 6.35 Å². The van der Waals surface area contributed by atoms with Crippen molar-refractivity contribution in [3.63, 3.8) is 0 Å².